The standard InChI is InChI=1S/C16H27NO2/c1-3-4-7-13-19-16-10-6-5-9-15(16)14-17-11-8-12-18-2/h5-6,9-10,17H,3-4,7-8,11-14H2,1-2H3. The Morgan fingerprint density at radius 2 is 1.89 bits per heavy atom. The summed E-state index contributed by atoms with van der Waals surface area (Å²) in [6.07, 6.45) is 4.63. The summed E-state index contributed by atoms with van der Waals surface area (Å²) in [5.74, 6) is 1.01. The van der Waals surface area contributed by atoms with Gasteiger partial charge in [0.2, 0.25) is 0 Å². The Morgan fingerprint density at radius 1 is 1.05 bits per heavy atom. The summed E-state index contributed by atoms with van der Waals surface area (Å²) in [4.78, 5) is 0. The summed E-state index contributed by atoms with van der Waals surface area (Å²) < 4.78 is 10.9. The summed E-state index contributed by atoms with van der Waals surface area (Å²) in [5.41, 5.74) is 1.23. The SMILES string of the molecule is CCCCCOc1ccccc1CNCCCOC. The van der Waals surface area contributed by atoms with Crippen LogP contribution in [-0.2, 0) is 11.3 Å². The van der Waals surface area contributed by atoms with Gasteiger partial charge < -0.3 is 14.8 Å². The summed E-state index contributed by atoms with van der Waals surface area (Å²) in [6, 6.07) is 8.27. The highest BCUT2D eigenvalue weighted by molar-refractivity contribution is 5.33. The fourth-order valence-corrected chi connectivity index (χ4v) is 1.89. The number of hydrogen-bond donors (Lipinski definition) is 1. The molecule has 0 bridgehead atoms. The van der Waals surface area contributed by atoms with E-state index >= 15 is 0 Å². The van der Waals surface area contributed by atoms with Crippen LogP contribution < -0.4 is 10.1 Å². The van der Waals surface area contributed by atoms with E-state index in [9.17, 15) is 0 Å². The Bertz CT molecular complexity index is 328. The van der Waals surface area contributed by atoms with E-state index in [1.807, 2.05) is 6.07 Å². The van der Waals surface area contributed by atoms with E-state index in [-0.39, 0.29) is 0 Å². The van der Waals surface area contributed by atoms with E-state index < -0.39 is 0 Å². The van der Waals surface area contributed by atoms with E-state index in [4.69, 9.17) is 9.47 Å². The monoisotopic (exact) mass is 265 g/mol. The lowest BCUT2D eigenvalue weighted by Gasteiger charge is -2.12. The second-order valence-corrected chi connectivity index (χ2v) is 4.69. The van der Waals surface area contributed by atoms with Crippen LogP contribution in [0.1, 0.15) is 38.2 Å². The van der Waals surface area contributed by atoms with Crippen molar-refractivity contribution < 1.29 is 9.47 Å². The number of nitrogens with one attached hydrogen (secondary N) is 1. The Labute approximate surface area is 117 Å². The molecule has 1 N–H and O–H groups in total. The first-order valence-electron chi connectivity index (χ1n) is 7.28. The maximum atomic E-state index is 5.85. The van der Waals surface area contributed by atoms with Crippen LogP contribution in [0, 0.1) is 0 Å². The van der Waals surface area contributed by atoms with Crippen LogP contribution in [0.2, 0.25) is 0 Å². The van der Waals surface area contributed by atoms with E-state index in [2.05, 4.69) is 30.4 Å². The Hall–Kier alpha value is -1.06. The first kappa shape index (κ1) is 16.0. The molecule has 1 aromatic rings. The number of methoxy groups -OCH3 is 1. The van der Waals surface area contributed by atoms with Crippen molar-refractivity contribution in [1.82, 2.24) is 5.32 Å². The van der Waals surface area contributed by atoms with Crippen molar-refractivity contribution in [1.29, 1.82) is 0 Å². The summed E-state index contributed by atoms with van der Waals surface area (Å²) in [5, 5.41) is 3.42. The third-order valence-electron chi connectivity index (χ3n) is 3.00. The van der Waals surface area contributed by atoms with Crippen LogP contribution >= 0.6 is 0 Å². The highest BCUT2D eigenvalue weighted by atomic mass is 16.5. The third kappa shape index (κ3) is 7.19. The molecule has 0 spiro atoms. The molecule has 0 atom stereocenters. The summed E-state index contributed by atoms with van der Waals surface area (Å²) >= 11 is 0. The molecule has 0 aliphatic rings. The predicted octanol–water partition coefficient (Wildman–Crippen LogP) is 3.38. The molecular formula is C16H27NO2. The Morgan fingerprint density at radius 3 is 2.68 bits per heavy atom. The molecule has 0 aliphatic carbocycles. The molecule has 0 fully saturated rings. The number of rotatable bonds is 11. The number of hydrogen-bond acceptors (Lipinski definition) is 3. The molecular weight excluding hydrogens is 238 g/mol. The minimum Gasteiger partial charge on any atom is -0.493 e. The van der Waals surface area contributed by atoms with Gasteiger partial charge in [0.05, 0.1) is 6.61 Å². The van der Waals surface area contributed by atoms with Crippen LogP contribution in [0.25, 0.3) is 0 Å². The average Bonchev–Trinajstić information content (AvgIpc) is 2.45. The van der Waals surface area contributed by atoms with E-state index in [0.717, 1.165) is 44.9 Å². The topological polar surface area (TPSA) is 30.5 Å². The van der Waals surface area contributed by atoms with Gasteiger partial charge in [-0.1, -0.05) is 38.0 Å². The molecule has 0 radical (unpaired) electrons. The zero-order valence-corrected chi connectivity index (χ0v) is 12.3. The smallest absolute Gasteiger partial charge is 0.123 e. The molecule has 3 heteroatoms. The zero-order valence-electron chi connectivity index (χ0n) is 12.3. The number of para-hydroxylation sites is 1. The fraction of sp³-hybridized carbons (Fsp3) is 0.625. The van der Waals surface area contributed by atoms with Gasteiger partial charge in [0.25, 0.3) is 0 Å². The minimum atomic E-state index is 0.808. The molecule has 0 amide bonds. The van der Waals surface area contributed by atoms with Crippen LogP contribution in [0.5, 0.6) is 5.75 Å². The summed E-state index contributed by atoms with van der Waals surface area (Å²) in [6.45, 7) is 5.65. The normalized spacial score (nSPS) is 10.6. The first-order valence-corrected chi connectivity index (χ1v) is 7.28. The largest absolute Gasteiger partial charge is 0.493 e. The minimum absolute atomic E-state index is 0.808. The van der Waals surface area contributed by atoms with E-state index in [0.29, 0.717) is 0 Å². The number of ether oxygens (including phenoxy) is 2. The van der Waals surface area contributed by atoms with Gasteiger partial charge in [-0.3, -0.25) is 0 Å². The molecule has 0 unspecified atom stereocenters. The van der Waals surface area contributed by atoms with Gasteiger partial charge in [0.1, 0.15) is 5.75 Å². The van der Waals surface area contributed by atoms with Crippen LogP contribution in [0.3, 0.4) is 0 Å². The van der Waals surface area contributed by atoms with Crippen LogP contribution in [-0.4, -0.2) is 26.9 Å². The van der Waals surface area contributed by atoms with E-state index in [1.165, 1.54) is 18.4 Å². The van der Waals surface area contributed by atoms with Gasteiger partial charge in [0, 0.05) is 25.8 Å². The van der Waals surface area contributed by atoms with Gasteiger partial charge >= 0.3 is 0 Å². The highest BCUT2D eigenvalue weighted by Crippen LogP contribution is 2.18. The number of unbranched alkanes of at least 4 members (excludes halogenated alkanes) is 2. The van der Waals surface area contributed by atoms with Crippen molar-refractivity contribution in [2.75, 3.05) is 26.9 Å². The van der Waals surface area contributed by atoms with Gasteiger partial charge in [-0.05, 0) is 25.5 Å². The maximum Gasteiger partial charge on any atom is 0.123 e. The predicted molar refractivity (Wildman–Crippen MR) is 79.7 cm³/mol. The van der Waals surface area contributed by atoms with Gasteiger partial charge in [0.15, 0.2) is 0 Å². The van der Waals surface area contributed by atoms with Gasteiger partial charge in [-0.2, -0.15) is 0 Å². The molecule has 0 saturated carbocycles. The van der Waals surface area contributed by atoms with Crippen molar-refractivity contribution >= 4 is 0 Å². The van der Waals surface area contributed by atoms with Crippen LogP contribution in [0.15, 0.2) is 24.3 Å². The molecule has 0 heterocycles. The van der Waals surface area contributed by atoms with Gasteiger partial charge in [-0.15, -0.1) is 0 Å². The Kier molecular flexibility index (Phi) is 9.11. The van der Waals surface area contributed by atoms with E-state index in [1.54, 1.807) is 7.11 Å². The van der Waals surface area contributed by atoms with Crippen molar-refractivity contribution in [3.8, 4) is 5.75 Å². The molecule has 1 rings (SSSR count). The average molecular weight is 265 g/mol. The summed E-state index contributed by atoms with van der Waals surface area (Å²) in [7, 11) is 1.74. The van der Waals surface area contributed by atoms with Gasteiger partial charge in [-0.25, -0.2) is 0 Å². The van der Waals surface area contributed by atoms with Crippen molar-refractivity contribution in [2.24, 2.45) is 0 Å². The first-order chi connectivity index (χ1) is 9.38. The van der Waals surface area contributed by atoms with Crippen LogP contribution in [0.4, 0.5) is 0 Å². The van der Waals surface area contributed by atoms with Crippen molar-refractivity contribution in [2.45, 2.75) is 39.2 Å². The lowest BCUT2D eigenvalue weighted by molar-refractivity contribution is 0.194. The lowest BCUT2D eigenvalue weighted by atomic mass is 10.2. The molecule has 1 aromatic carbocycles. The quantitative estimate of drug-likeness (QED) is 0.622. The lowest BCUT2D eigenvalue weighted by Crippen LogP contribution is -2.16. The molecule has 3 nitrogen and oxygen atoms in total. The zero-order chi connectivity index (χ0) is 13.8. The molecule has 108 valence electrons. The highest BCUT2D eigenvalue weighted by Gasteiger charge is 2.02. The Balaban J connectivity index is 2.31. The number of benzene rings is 1. The molecule has 0 aromatic heterocycles. The van der Waals surface area contributed by atoms with Crippen molar-refractivity contribution in [3.05, 3.63) is 29.8 Å². The third-order valence-corrected chi connectivity index (χ3v) is 3.00. The maximum absolute atomic E-state index is 5.85. The second kappa shape index (κ2) is 10.8. The molecule has 0 saturated heterocycles. The fourth-order valence-electron chi connectivity index (χ4n) is 1.89. The molecule has 0 aliphatic heterocycles. The van der Waals surface area contributed by atoms with Crippen molar-refractivity contribution in [3.63, 3.8) is 0 Å². The molecule has 19 heavy (non-hydrogen) atoms. The second-order valence-electron chi connectivity index (χ2n) is 4.69.